The zero-order valence-electron chi connectivity index (χ0n) is 23.4. The second kappa shape index (κ2) is 19.5. The van der Waals surface area contributed by atoms with Crippen LogP contribution in [0.4, 0.5) is 0 Å². The van der Waals surface area contributed by atoms with Crippen molar-refractivity contribution in [1.82, 2.24) is 0 Å². The molecule has 6 N–H and O–H groups in total. The first-order chi connectivity index (χ1) is 19.1. The number of hydrogen-bond donors (Lipinski definition) is 6. The zero-order chi connectivity index (χ0) is 31.0. The fourth-order valence-corrected chi connectivity index (χ4v) is 5.71. The molecule has 0 bridgehead atoms. The highest BCUT2D eigenvalue weighted by atomic mass is 31.2. The maximum absolute atomic E-state index is 12.1. The van der Waals surface area contributed by atoms with Crippen LogP contribution in [0.15, 0.2) is 0 Å². The third kappa shape index (κ3) is 17.3. The van der Waals surface area contributed by atoms with E-state index >= 15 is 0 Å². The molecule has 0 aromatic carbocycles. The maximum Gasteiger partial charge on any atom is 0.472 e. The van der Waals surface area contributed by atoms with E-state index in [0.717, 1.165) is 19.5 Å². The Morgan fingerprint density at radius 2 is 1.27 bits per heavy atom. The Morgan fingerprint density at radius 3 is 1.80 bits per heavy atom. The van der Waals surface area contributed by atoms with Gasteiger partial charge < -0.3 is 44.2 Å². The summed E-state index contributed by atoms with van der Waals surface area (Å²) in [4.78, 5) is 28.9. The molecule has 4 unspecified atom stereocenters. The van der Waals surface area contributed by atoms with Gasteiger partial charge in [-0.05, 0) is 45.4 Å². The highest BCUT2D eigenvalue weighted by Gasteiger charge is 2.56. The van der Waals surface area contributed by atoms with Gasteiger partial charge in [0.25, 0.3) is 0 Å². The zero-order valence-corrected chi connectivity index (χ0v) is 26.0. The van der Waals surface area contributed by atoms with Crippen molar-refractivity contribution in [1.29, 1.82) is 0 Å². The lowest BCUT2D eigenvalue weighted by molar-refractivity contribution is -0.247. The molecule has 20 heteroatoms. The van der Waals surface area contributed by atoms with Gasteiger partial charge in [-0.15, -0.1) is 0 Å². The van der Waals surface area contributed by atoms with Gasteiger partial charge in [-0.1, -0.05) is 0 Å². The molecule has 1 saturated heterocycles. The lowest BCUT2D eigenvalue weighted by Crippen LogP contribution is -2.46. The fraction of sp³-hybridized carbons (Fsp3) is 1.00. The molecule has 1 rings (SSSR count). The van der Waals surface area contributed by atoms with Gasteiger partial charge in [0.2, 0.25) is 5.79 Å². The summed E-state index contributed by atoms with van der Waals surface area (Å²) in [7, 11) is -12.9. The van der Waals surface area contributed by atoms with E-state index in [0.29, 0.717) is 45.5 Å². The van der Waals surface area contributed by atoms with E-state index in [1.54, 1.807) is 0 Å². The molecule has 0 saturated carbocycles. The molecule has 17 nitrogen and oxygen atoms in total. The number of ether oxygens (including phenoxy) is 3. The molecule has 246 valence electrons. The number of unbranched alkanes of at least 4 members (excludes halogenated alkanes) is 4. The molecular formula is C21H45O17P3. The predicted octanol–water partition coefficient (Wildman–Crippen LogP) is 1.29. The van der Waals surface area contributed by atoms with Crippen molar-refractivity contribution in [2.75, 3.05) is 66.1 Å². The molecule has 7 atom stereocenters. The summed E-state index contributed by atoms with van der Waals surface area (Å²) in [6.07, 6.45) is -1.35. The van der Waals surface area contributed by atoms with E-state index in [4.69, 9.17) is 36.8 Å². The standard InChI is InChI=1S/C21H45O17P3/c1-3-31-10-6-4-8-12-33-40(27,28)35-15-14-32-11-7-5-9-13-34-41(29,30)36-16-18-19(38-39(2,25)26)20(23)21(24,17-22)37-18/h18-20,22-24H,3-17H2,1-2H3,(H,25,26)(H,27,28)(H,29,30)/t18-,19+,20?,21-/m1/s1. The van der Waals surface area contributed by atoms with Crippen LogP contribution in [-0.4, -0.2) is 120 Å². The number of aliphatic hydroxyl groups is 3. The Bertz CT molecular complexity index is 857. The summed E-state index contributed by atoms with van der Waals surface area (Å²) < 4.78 is 75.3. The average molecular weight is 662 g/mol. The van der Waals surface area contributed by atoms with Crippen molar-refractivity contribution >= 4 is 23.2 Å². The van der Waals surface area contributed by atoms with Crippen molar-refractivity contribution in [3.8, 4) is 0 Å². The highest BCUT2D eigenvalue weighted by Crippen LogP contribution is 2.47. The van der Waals surface area contributed by atoms with Gasteiger partial charge in [0.15, 0.2) is 0 Å². The number of phosphoric ester groups is 2. The minimum atomic E-state index is -4.60. The lowest BCUT2D eigenvalue weighted by atomic mass is 10.1. The van der Waals surface area contributed by atoms with Gasteiger partial charge in [-0.25, -0.2) is 9.13 Å². The van der Waals surface area contributed by atoms with Crippen LogP contribution in [0.3, 0.4) is 0 Å². The van der Waals surface area contributed by atoms with Crippen molar-refractivity contribution in [3.63, 3.8) is 0 Å². The average Bonchev–Trinajstić information content (AvgIpc) is 3.12. The third-order valence-corrected chi connectivity index (χ3v) is 8.14. The van der Waals surface area contributed by atoms with Crippen LogP contribution in [0.1, 0.15) is 45.4 Å². The minimum absolute atomic E-state index is 0.0657. The molecule has 1 aliphatic rings. The van der Waals surface area contributed by atoms with Gasteiger partial charge in [0.05, 0.1) is 39.6 Å². The molecular weight excluding hydrogens is 617 g/mol. The highest BCUT2D eigenvalue weighted by molar-refractivity contribution is 7.51. The largest absolute Gasteiger partial charge is 0.472 e. The monoisotopic (exact) mass is 662 g/mol. The van der Waals surface area contributed by atoms with E-state index in [1.165, 1.54) is 0 Å². The molecule has 0 amide bonds. The van der Waals surface area contributed by atoms with Crippen LogP contribution in [0.2, 0.25) is 0 Å². The second-order valence-electron chi connectivity index (χ2n) is 9.14. The van der Waals surface area contributed by atoms with Crippen LogP contribution in [0.5, 0.6) is 0 Å². The molecule has 0 aromatic heterocycles. The summed E-state index contributed by atoms with van der Waals surface area (Å²) in [5.74, 6) is -2.53. The van der Waals surface area contributed by atoms with E-state index in [2.05, 4.69) is 0 Å². The first kappa shape index (κ1) is 39.2. The first-order valence-corrected chi connectivity index (χ1v) is 18.2. The predicted molar refractivity (Wildman–Crippen MR) is 142 cm³/mol. The van der Waals surface area contributed by atoms with Crippen molar-refractivity contribution in [3.05, 3.63) is 0 Å². The molecule has 1 heterocycles. The Balaban J connectivity index is 2.16. The van der Waals surface area contributed by atoms with Gasteiger partial charge in [0, 0.05) is 26.5 Å². The minimum Gasteiger partial charge on any atom is -0.391 e. The van der Waals surface area contributed by atoms with Crippen LogP contribution in [-0.2, 0) is 50.5 Å². The summed E-state index contributed by atoms with van der Waals surface area (Å²) >= 11 is 0. The number of phosphoric acid groups is 2. The normalized spacial score (nSPS) is 27.4. The topological polar surface area (TPSA) is 246 Å². The van der Waals surface area contributed by atoms with E-state index < -0.39 is 60.6 Å². The number of hydrogen-bond acceptors (Lipinski definition) is 14. The Labute approximate surface area is 239 Å². The molecule has 41 heavy (non-hydrogen) atoms. The van der Waals surface area contributed by atoms with E-state index in [9.17, 15) is 43.7 Å². The Hall–Kier alpha value is 0.130. The Kier molecular flexibility index (Phi) is 18.6. The third-order valence-electron chi connectivity index (χ3n) is 5.50. The molecule has 0 radical (unpaired) electrons. The van der Waals surface area contributed by atoms with Crippen molar-refractivity contribution in [2.24, 2.45) is 0 Å². The summed E-state index contributed by atoms with van der Waals surface area (Å²) in [6, 6.07) is 0. The van der Waals surface area contributed by atoms with Crippen molar-refractivity contribution < 1.29 is 80.5 Å². The molecule has 1 fully saturated rings. The lowest BCUT2D eigenvalue weighted by Gasteiger charge is -2.24. The van der Waals surface area contributed by atoms with Gasteiger partial charge in [-0.3, -0.25) is 27.2 Å². The van der Waals surface area contributed by atoms with E-state index in [1.807, 2.05) is 6.92 Å². The molecule has 0 spiro atoms. The number of aliphatic hydroxyl groups excluding tert-OH is 2. The second-order valence-corrected chi connectivity index (χ2v) is 13.9. The smallest absolute Gasteiger partial charge is 0.391 e. The SMILES string of the molecule is CCOCCCCCOP(=O)(O)OCCOCCCCCOP(=O)(O)OC[C@H]1O[C@](O)(CO)C(O)[C@H]1OP(C)(=O)O. The molecule has 0 aliphatic carbocycles. The molecule has 1 aliphatic heterocycles. The quantitative estimate of drug-likeness (QED) is 0.0595. The van der Waals surface area contributed by atoms with Crippen molar-refractivity contribution in [2.45, 2.75) is 69.5 Å². The van der Waals surface area contributed by atoms with Gasteiger partial charge >= 0.3 is 23.2 Å². The number of rotatable bonds is 25. The van der Waals surface area contributed by atoms with Crippen LogP contribution in [0, 0.1) is 0 Å². The summed E-state index contributed by atoms with van der Waals surface area (Å²) in [5, 5.41) is 29.5. The Morgan fingerprint density at radius 1 is 0.756 bits per heavy atom. The first-order valence-electron chi connectivity index (χ1n) is 13.2. The fourth-order valence-electron chi connectivity index (χ4n) is 3.50. The van der Waals surface area contributed by atoms with Gasteiger partial charge in [-0.2, -0.15) is 0 Å². The summed E-state index contributed by atoms with van der Waals surface area (Å²) in [6.45, 7) is 2.34. The van der Waals surface area contributed by atoms with E-state index in [-0.39, 0.29) is 26.4 Å². The van der Waals surface area contributed by atoms with Crippen LogP contribution < -0.4 is 0 Å². The van der Waals surface area contributed by atoms with Gasteiger partial charge in [0.1, 0.15) is 18.3 Å². The van der Waals surface area contributed by atoms with Crippen LogP contribution in [0.25, 0.3) is 0 Å². The summed E-state index contributed by atoms with van der Waals surface area (Å²) in [5.41, 5.74) is 0. The maximum atomic E-state index is 12.1. The van der Waals surface area contributed by atoms with Crippen LogP contribution >= 0.6 is 23.2 Å². The molecule has 0 aromatic rings.